The van der Waals surface area contributed by atoms with Gasteiger partial charge in [0.05, 0.1) is 35.3 Å². The number of carbonyl (C=O) groups excluding carboxylic acids is 1. The van der Waals surface area contributed by atoms with Gasteiger partial charge in [-0.3, -0.25) is 14.4 Å². The number of ether oxygens (including phenoxy) is 2. The predicted molar refractivity (Wildman–Crippen MR) is 182 cm³/mol. The van der Waals surface area contributed by atoms with E-state index in [1.54, 1.807) is 24.0 Å². The molecule has 250 valence electrons. The molecule has 0 aliphatic carbocycles. The Kier molecular flexibility index (Phi) is 12.9. The molecule has 0 spiro atoms. The Morgan fingerprint density at radius 2 is 1.78 bits per heavy atom. The third-order valence-corrected chi connectivity index (χ3v) is 9.86. The zero-order valence-electron chi connectivity index (χ0n) is 27.1. The van der Waals surface area contributed by atoms with E-state index in [1.165, 1.54) is 35.9 Å². The number of aliphatic hydroxyl groups excluding tert-OH is 1. The van der Waals surface area contributed by atoms with Gasteiger partial charge in [0.25, 0.3) is 15.9 Å². The van der Waals surface area contributed by atoms with Gasteiger partial charge in [-0.05, 0) is 88.2 Å². The summed E-state index contributed by atoms with van der Waals surface area (Å²) in [6.07, 6.45) is 2.16. The molecule has 0 radical (unpaired) electrons. The van der Waals surface area contributed by atoms with Crippen LogP contribution in [-0.2, 0) is 21.3 Å². The van der Waals surface area contributed by atoms with E-state index in [4.69, 9.17) is 21.1 Å². The quantitative estimate of drug-likeness (QED) is 0.284. The molecule has 0 saturated heterocycles. The lowest BCUT2D eigenvalue weighted by molar-refractivity contribution is -0.0177. The number of fused-ring (bicyclic) bond motifs is 1. The smallest absolute Gasteiger partial charge is 0.261 e. The molecule has 0 saturated carbocycles. The number of rotatable bonds is 9. The first-order chi connectivity index (χ1) is 22.0. The summed E-state index contributed by atoms with van der Waals surface area (Å²) in [5.74, 6) is -0.0761. The summed E-state index contributed by atoms with van der Waals surface area (Å²) >= 11 is 5.95. The zero-order valence-corrected chi connectivity index (χ0v) is 28.6. The molecular weight excluding hydrogens is 626 g/mol. The molecule has 0 bridgehead atoms. The second-order valence-electron chi connectivity index (χ2n) is 12.3. The SMILES string of the molecule is C[C@H]1CCCCO[C@H](CN(C)Cc2ccccc2)[C@@H](C)CN([C@@H](C)CO)C(=O)c2cc(NS(=O)(=O)c3ccc(Cl)cc3)ccc2O1. The number of carbonyl (C=O) groups is 1. The molecule has 9 nitrogen and oxygen atoms in total. The molecule has 46 heavy (non-hydrogen) atoms. The van der Waals surface area contributed by atoms with Gasteiger partial charge in [0.1, 0.15) is 5.75 Å². The molecular formula is C35H46ClN3O6S. The zero-order chi connectivity index (χ0) is 33.3. The number of anilines is 1. The first-order valence-electron chi connectivity index (χ1n) is 15.8. The van der Waals surface area contributed by atoms with E-state index in [9.17, 15) is 18.3 Å². The lowest BCUT2D eigenvalue weighted by atomic mass is 10.0. The highest BCUT2D eigenvalue weighted by molar-refractivity contribution is 7.92. The van der Waals surface area contributed by atoms with E-state index in [-0.39, 0.29) is 46.8 Å². The van der Waals surface area contributed by atoms with Crippen molar-refractivity contribution in [3.63, 3.8) is 0 Å². The van der Waals surface area contributed by atoms with Crippen LogP contribution < -0.4 is 9.46 Å². The van der Waals surface area contributed by atoms with Gasteiger partial charge < -0.3 is 19.5 Å². The predicted octanol–water partition coefficient (Wildman–Crippen LogP) is 6.07. The summed E-state index contributed by atoms with van der Waals surface area (Å²) in [6, 6.07) is 20.3. The van der Waals surface area contributed by atoms with Crippen LogP contribution in [0.1, 0.15) is 56.0 Å². The van der Waals surface area contributed by atoms with Gasteiger partial charge in [-0.1, -0.05) is 48.9 Å². The normalized spacial score (nSPS) is 20.8. The highest BCUT2D eigenvalue weighted by Crippen LogP contribution is 2.30. The minimum absolute atomic E-state index is 0.0424. The number of hydrogen-bond acceptors (Lipinski definition) is 7. The van der Waals surface area contributed by atoms with Gasteiger partial charge in [-0.2, -0.15) is 0 Å². The molecule has 0 fully saturated rings. The Balaban J connectivity index is 1.64. The van der Waals surface area contributed by atoms with E-state index in [1.807, 2.05) is 25.1 Å². The van der Waals surface area contributed by atoms with Crippen molar-refractivity contribution in [2.75, 3.05) is 38.1 Å². The Hall–Kier alpha value is -3.15. The monoisotopic (exact) mass is 671 g/mol. The van der Waals surface area contributed by atoms with Gasteiger partial charge in [0.15, 0.2) is 0 Å². The molecule has 4 rings (SSSR count). The van der Waals surface area contributed by atoms with Crippen molar-refractivity contribution in [3.8, 4) is 5.75 Å². The third kappa shape index (κ3) is 9.92. The van der Waals surface area contributed by atoms with E-state index in [0.717, 1.165) is 25.8 Å². The molecule has 11 heteroatoms. The summed E-state index contributed by atoms with van der Waals surface area (Å²) < 4.78 is 41.6. The van der Waals surface area contributed by atoms with Gasteiger partial charge in [-0.25, -0.2) is 8.42 Å². The van der Waals surface area contributed by atoms with E-state index in [0.29, 0.717) is 30.5 Å². The summed E-state index contributed by atoms with van der Waals surface area (Å²) in [4.78, 5) is 18.2. The van der Waals surface area contributed by atoms with Crippen molar-refractivity contribution in [3.05, 3.63) is 88.9 Å². The molecule has 0 aromatic heterocycles. The van der Waals surface area contributed by atoms with Crippen molar-refractivity contribution < 1.29 is 27.8 Å². The molecule has 1 aliphatic rings. The number of hydrogen-bond donors (Lipinski definition) is 2. The largest absolute Gasteiger partial charge is 0.490 e. The Labute approximate surface area is 278 Å². The minimum atomic E-state index is -3.95. The van der Waals surface area contributed by atoms with Crippen LogP contribution in [0.3, 0.4) is 0 Å². The number of likely N-dealkylation sites (N-methyl/N-ethyl adjacent to an activating group) is 1. The van der Waals surface area contributed by atoms with Crippen LogP contribution >= 0.6 is 11.6 Å². The molecule has 1 amide bonds. The maximum atomic E-state index is 14.3. The first kappa shape index (κ1) is 35.7. The van der Waals surface area contributed by atoms with Crippen LogP contribution in [0.25, 0.3) is 0 Å². The fraction of sp³-hybridized carbons (Fsp3) is 0.457. The number of nitrogens with zero attached hydrogens (tertiary/aromatic N) is 2. The number of halogens is 1. The lowest BCUT2D eigenvalue weighted by Gasteiger charge is -2.36. The average molecular weight is 672 g/mol. The van der Waals surface area contributed by atoms with Crippen LogP contribution in [-0.4, -0.2) is 80.8 Å². The van der Waals surface area contributed by atoms with Crippen LogP contribution in [0.15, 0.2) is 77.7 Å². The van der Waals surface area contributed by atoms with Crippen LogP contribution in [0.5, 0.6) is 5.75 Å². The Bertz CT molecular complexity index is 1520. The van der Waals surface area contributed by atoms with Crippen molar-refractivity contribution in [1.29, 1.82) is 0 Å². The van der Waals surface area contributed by atoms with Crippen LogP contribution in [0.4, 0.5) is 5.69 Å². The van der Waals surface area contributed by atoms with E-state index < -0.39 is 16.1 Å². The van der Waals surface area contributed by atoms with Crippen molar-refractivity contribution >= 4 is 33.2 Å². The first-order valence-corrected chi connectivity index (χ1v) is 17.7. The van der Waals surface area contributed by atoms with Gasteiger partial charge in [0.2, 0.25) is 0 Å². The topological polar surface area (TPSA) is 108 Å². The molecule has 3 aromatic rings. The summed E-state index contributed by atoms with van der Waals surface area (Å²) in [5.41, 5.74) is 1.64. The van der Waals surface area contributed by atoms with Gasteiger partial charge in [-0.15, -0.1) is 0 Å². The number of amides is 1. The molecule has 4 atom stereocenters. The summed E-state index contributed by atoms with van der Waals surface area (Å²) in [6.45, 7) is 7.91. The Morgan fingerprint density at radius 1 is 1.07 bits per heavy atom. The van der Waals surface area contributed by atoms with E-state index in [2.05, 4.69) is 35.7 Å². The molecule has 3 aromatic carbocycles. The summed E-state index contributed by atoms with van der Waals surface area (Å²) in [7, 11) is -1.89. The standard InChI is InChI=1S/C35H46ClN3O6S/c1-25-21-39(26(2)24-40)35(41)32-20-30(37-46(42,43)31-16-13-29(36)14-17-31)15-18-33(32)45-27(3)10-8-9-19-44-34(25)23-38(4)22-28-11-6-5-7-12-28/h5-7,11-18,20,25-27,34,37,40H,8-10,19,21-24H2,1-4H3/t25-,26-,27-,34+/m0/s1. The lowest BCUT2D eigenvalue weighted by Crippen LogP contribution is -2.47. The van der Waals surface area contributed by atoms with Gasteiger partial charge >= 0.3 is 0 Å². The Morgan fingerprint density at radius 3 is 2.48 bits per heavy atom. The second-order valence-corrected chi connectivity index (χ2v) is 14.4. The minimum Gasteiger partial charge on any atom is -0.490 e. The van der Waals surface area contributed by atoms with E-state index >= 15 is 0 Å². The number of benzene rings is 3. The van der Waals surface area contributed by atoms with Crippen LogP contribution in [0.2, 0.25) is 5.02 Å². The maximum absolute atomic E-state index is 14.3. The third-order valence-electron chi connectivity index (χ3n) is 8.21. The number of sulfonamides is 1. The number of nitrogens with one attached hydrogen (secondary N) is 1. The van der Waals surface area contributed by atoms with Gasteiger partial charge in [0, 0.05) is 42.9 Å². The molecule has 2 N–H and O–H groups in total. The molecule has 1 aliphatic heterocycles. The second kappa shape index (κ2) is 16.6. The fourth-order valence-corrected chi connectivity index (χ4v) is 6.72. The maximum Gasteiger partial charge on any atom is 0.261 e. The van der Waals surface area contributed by atoms with Crippen molar-refractivity contribution in [2.45, 2.75) is 69.7 Å². The van der Waals surface area contributed by atoms with Crippen molar-refractivity contribution in [1.82, 2.24) is 9.80 Å². The molecule has 0 unspecified atom stereocenters. The summed E-state index contributed by atoms with van der Waals surface area (Å²) in [5, 5.41) is 10.6. The highest BCUT2D eigenvalue weighted by Gasteiger charge is 2.30. The molecule has 1 heterocycles. The fourth-order valence-electron chi connectivity index (χ4n) is 5.54. The average Bonchev–Trinajstić information content (AvgIpc) is 3.03. The highest BCUT2D eigenvalue weighted by atomic mass is 35.5. The van der Waals surface area contributed by atoms with Crippen LogP contribution in [0, 0.1) is 5.92 Å². The van der Waals surface area contributed by atoms with Crippen molar-refractivity contribution in [2.24, 2.45) is 5.92 Å². The number of aliphatic hydroxyl groups is 1.